The average molecular weight is 327 g/mol. The molecular weight excluding hydrogens is 302 g/mol. The SMILES string of the molecule is COc1ccc(CCCNC(=O)CCc2ccccc2)cc1OC. The standard InChI is InChI=1S/C20H25NO3/c1-23-18-12-10-17(15-19(18)24-2)9-6-14-21-20(22)13-11-16-7-4-3-5-8-16/h3-5,7-8,10,12,15H,6,9,11,13-14H2,1-2H3,(H,21,22). The van der Waals surface area contributed by atoms with Crippen LogP contribution in [0.15, 0.2) is 48.5 Å². The number of aryl methyl sites for hydroxylation is 2. The predicted octanol–water partition coefficient (Wildman–Crippen LogP) is 3.39. The van der Waals surface area contributed by atoms with E-state index in [9.17, 15) is 4.79 Å². The summed E-state index contributed by atoms with van der Waals surface area (Å²) in [4.78, 5) is 11.9. The van der Waals surface area contributed by atoms with Gasteiger partial charge in [0.25, 0.3) is 0 Å². The van der Waals surface area contributed by atoms with Crippen LogP contribution in [-0.2, 0) is 17.6 Å². The predicted molar refractivity (Wildman–Crippen MR) is 95.6 cm³/mol. The quantitative estimate of drug-likeness (QED) is 0.718. The second-order valence-corrected chi connectivity index (χ2v) is 5.63. The third-order valence-electron chi connectivity index (χ3n) is 3.90. The number of methoxy groups -OCH3 is 2. The Hall–Kier alpha value is -2.49. The van der Waals surface area contributed by atoms with Crippen molar-refractivity contribution in [2.24, 2.45) is 0 Å². The molecule has 0 heterocycles. The molecule has 24 heavy (non-hydrogen) atoms. The summed E-state index contributed by atoms with van der Waals surface area (Å²) >= 11 is 0. The van der Waals surface area contributed by atoms with Crippen LogP contribution >= 0.6 is 0 Å². The van der Waals surface area contributed by atoms with E-state index in [1.807, 2.05) is 48.5 Å². The normalized spacial score (nSPS) is 10.2. The van der Waals surface area contributed by atoms with Crippen LogP contribution in [0.3, 0.4) is 0 Å². The molecule has 0 aliphatic rings. The molecule has 128 valence electrons. The van der Waals surface area contributed by atoms with Crippen LogP contribution in [0, 0.1) is 0 Å². The van der Waals surface area contributed by atoms with Gasteiger partial charge in [-0.25, -0.2) is 0 Å². The molecule has 2 aromatic rings. The fourth-order valence-electron chi connectivity index (χ4n) is 2.55. The Morgan fingerprint density at radius 2 is 1.67 bits per heavy atom. The van der Waals surface area contributed by atoms with Crippen molar-refractivity contribution in [1.82, 2.24) is 5.32 Å². The Bertz CT molecular complexity index is 641. The van der Waals surface area contributed by atoms with Crippen molar-refractivity contribution in [2.45, 2.75) is 25.7 Å². The van der Waals surface area contributed by atoms with E-state index < -0.39 is 0 Å². The van der Waals surface area contributed by atoms with Crippen molar-refractivity contribution in [1.29, 1.82) is 0 Å². The lowest BCUT2D eigenvalue weighted by Gasteiger charge is -2.10. The maximum atomic E-state index is 11.9. The second-order valence-electron chi connectivity index (χ2n) is 5.63. The van der Waals surface area contributed by atoms with Crippen LogP contribution < -0.4 is 14.8 Å². The molecule has 1 N–H and O–H groups in total. The van der Waals surface area contributed by atoms with Gasteiger partial charge in [-0.1, -0.05) is 36.4 Å². The Morgan fingerprint density at radius 1 is 0.917 bits per heavy atom. The maximum absolute atomic E-state index is 11.9. The number of carbonyl (C=O) groups excluding carboxylic acids is 1. The first kappa shape index (κ1) is 17.9. The first-order valence-corrected chi connectivity index (χ1v) is 8.24. The Kier molecular flexibility index (Phi) is 7.15. The maximum Gasteiger partial charge on any atom is 0.220 e. The van der Waals surface area contributed by atoms with Gasteiger partial charge in [-0.2, -0.15) is 0 Å². The highest BCUT2D eigenvalue weighted by Gasteiger charge is 2.05. The van der Waals surface area contributed by atoms with Crippen LogP contribution in [0.2, 0.25) is 0 Å². The fraction of sp³-hybridized carbons (Fsp3) is 0.350. The Labute approximate surface area is 143 Å². The van der Waals surface area contributed by atoms with Gasteiger partial charge in [-0.05, 0) is 42.5 Å². The minimum atomic E-state index is 0.103. The topological polar surface area (TPSA) is 47.6 Å². The van der Waals surface area contributed by atoms with Gasteiger partial charge >= 0.3 is 0 Å². The van der Waals surface area contributed by atoms with E-state index >= 15 is 0 Å². The van der Waals surface area contributed by atoms with Crippen LogP contribution in [0.4, 0.5) is 0 Å². The fourth-order valence-corrected chi connectivity index (χ4v) is 2.55. The second kappa shape index (κ2) is 9.60. The van der Waals surface area contributed by atoms with Gasteiger partial charge in [0.1, 0.15) is 0 Å². The molecule has 1 amide bonds. The van der Waals surface area contributed by atoms with E-state index in [0.29, 0.717) is 13.0 Å². The van der Waals surface area contributed by atoms with Gasteiger partial charge < -0.3 is 14.8 Å². The highest BCUT2D eigenvalue weighted by atomic mass is 16.5. The molecule has 2 aromatic carbocycles. The lowest BCUT2D eigenvalue weighted by Crippen LogP contribution is -2.24. The molecule has 0 aliphatic carbocycles. The summed E-state index contributed by atoms with van der Waals surface area (Å²) in [6.07, 6.45) is 3.09. The number of benzene rings is 2. The minimum Gasteiger partial charge on any atom is -0.493 e. The molecule has 0 aliphatic heterocycles. The van der Waals surface area contributed by atoms with Gasteiger partial charge in [0.15, 0.2) is 11.5 Å². The van der Waals surface area contributed by atoms with Gasteiger partial charge in [0.05, 0.1) is 14.2 Å². The number of carbonyl (C=O) groups is 1. The third kappa shape index (κ3) is 5.61. The van der Waals surface area contributed by atoms with Crippen molar-refractivity contribution in [3.63, 3.8) is 0 Å². The van der Waals surface area contributed by atoms with Crippen molar-refractivity contribution < 1.29 is 14.3 Å². The summed E-state index contributed by atoms with van der Waals surface area (Å²) in [6.45, 7) is 0.683. The van der Waals surface area contributed by atoms with E-state index in [-0.39, 0.29) is 5.91 Å². The summed E-state index contributed by atoms with van der Waals surface area (Å²) in [5.41, 5.74) is 2.36. The molecule has 0 saturated heterocycles. The van der Waals surface area contributed by atoms with Crippen molar-refractivity contribution in [3.05, 3.63) is 59.7 Å². The van der Waals surface area contributed by atoms with E-state index in [0.717, 1.165) is 30.8 Å². The highest BCUT2D eigenvalue weighted by molar-refractivity contribution is 5.76. The van der Waals surface area contributed by atoms with Crippen LogP contribution in [-0.4, -0.2) is 26.7 Å². The van der Waals surface area contributed by atoms with Crippen LogP contribution in [0.1, 0.15) is 24.0 Å². The summed E-state index contributed by atoms with van der Waals surface area (Å²) in [5, 5.41) is 2.98. The van der Waals surface area contributed by atoms with Gasteiger partial charge in [-0.15, -0.1) is 0 Å². The molecule has 0 bridgehead atoms. The smallest absolute Gasteiger partial charge is 0.220 e. The number of amides is 1. The van der Waals surface area contributed by atoms with Crippen LogP contribution in [0.25, 0.3) is 0 Å². The monoisotopic (exact) mass is 327 g/mol. The number of ether oxygens (including phenoxy) is 2. The number of hydrogen-bond donors (Lipinski definition) is 1. The molecule has 0 radical (unpaired) electrons. The molecule has 4 nitrogen and oxygen atoms in total. The zero-order valence-corrected chi connectivity index (χ0v) is 14.4. The van der Waals surface area contributed by atoms with E-state index in [4.69, 9.17) is 9.47 Å². The van der Waals surface area contributed by atoms with Crippen LogP contribution in [0.5, 0.6) is 11.5 Å². The summed E-state index contributed by atoms with van der Waals surface area (Å²) in [7, 11) is 3.26. The molecule has 0 spiro atoms. The molecule has 0 unspecified atom stereocenters. The zero-order valence-electron chi connectivity index (χ0n) is 14.4. The summed E-state index contributed by atoms with van der Waals surface area (Å²) in [6, 6.07) is 16.0. The molecule has 2 rings (SSSR count). The molecule has 0 aromatic heterocycles. The first-order chi connectivity index (χ1) is 11.7. The number of hydrogen-bond acceptors (Lipinski definition) is 3. The Balaban J connectivity index is 1.68. The van der Waals surface area contributed by atoms with Crippen molar-refractivity contribution >= 4 is 5.91 Å². The summed E-state index contributed by atoms with van der Waals surface area (Å²) < 4.78 is 10.5. The number of rotatable bonds is 9. The molecule has 0 saturated carbocycles. The Morgan fingerprint density at radius 3 is 2.38 bits per heavy atom. The first-order valence-electron chi connectivity index (χ1n) is 8.24. The molecule has 0 atom stereocenters. The largest absolute Gasteiger partial charge is 0.493 e. The van der Waals surface area contributed by atoms with Gasteiger partial charge in [0, 0.05) is 13.0 Å². The van der Waals surface area contributed by atoms with Gasteiger partial charge in [0.2, 0.25) is 5.91 Å². The molecule has 4 heteroatoms. The molecular formula is C20H25NO3. The highest BCUT2D eigenvalue weighted by Crippen LogP contribution is 2.27. The third-order valence-corrected chi connectivity index (χ3v) is 3.90. The molecule has 0 fully saturated rings. The van der Waals surface area contributed by atoms with Crippen molar-refractivity contribution in [3.8, 4) is 11.5 Å². The summed E-state index contributed by atoms with van der Waals surface area (Å²) in [5.74, 6) is 1.57. The minimum absolute atomic E-state index is 0.103. The lowest BCUT2D eigenvalue weighted by molar-refractivity contribution is -0.121. The van der Waals surface area contributed by atoms with Crippen molar-refractivity contribution in [2.75, 3.05) is 20.8 Å². The zero-order chi connectivity index (χ0) is 17.2. The number of nitrogens with one attached hydrogen (secondary N) is 1. The lowest BCUT2D eigenvalue weighted by atomic mass is 10.1. The van der Waals surface area contributed by atoms with E-state index in [2.05, 4.69) is 5.32 Å². The van der Waals surface area contributed by atoms with E-state index in [1.165, 1.54) is 11.1 Å². The van der Waals surface area contributed by atoms with E-state index in [1.54, 1.807) is 14.2 Å². The van der Waals surface area contributed by atoms with Gasteiger partial charge in [-0.3, -0.25) is 4.79 Å². The average Bonchev–Trinajstić information content (AvgIpc) is 2.64.